The number of nitrogens with two attached hydrogens (primary N) is 1. The highest BCUT2D eigenvalue weighted by Crippen LogP contribution is 2.37. The molecule has 1 aromatic rings. The third-order valence-corrected chi connectivity index (χ3v) is 3.35. The van der Waals surface area contributed by atoms with E-state index in [4.69, 9.17) is 10.3 Å². The van der Waals surface area contributed by atoms with Crippen molar-refractivity contribution in [1.29, 1.82) is 0 Å². The van der Waals surface area contributed by atoms with Crippen molar-refractivity contribution in [3.63, 3.8) is 0 Å². The molecule has 1 saturated carbocycles. The van der Waals surface area contributed by atoms with E-state index in [9.17, 15) is 4.79 Å². The van der Waals surface area contributed by atoms with Gasteiger partial charge >= 0.3 is 0 Å². The van der Waals surface area contributed by atoms with Crippen LogP contribution in [0.15, 0.2) is 16.8 Å². The van der Waals surface area contributed by atoms with Crippen LogP contribution in [0.5, 0.6) is 0 Å². The molecule has 0 spiro atoms. The minimum Gasteiger partial charge on any atom is -0.360 e. The predicted molar refractivity (Wildman–Crippen MR) is 58.3 cm³/mol. The molecule has 88 valence electrons. The van der Waals surface area contributed by atoms with Crippen molar-refractivity contribution in [2.45, 2.75) is 32.2 Å². The summed E-state index contributed by atoms with van der Waals surface area (Å²) in [5, 5.41) is 6.45. The van der Waals surface area contributed by atoms with Crippen molar-refractivity contribution in [3.8, 4) is 0 Å². The number of aromatic nitrogens is 1. The van der Waals surface area contributed by atoms with Gasteiger partial charge in [0.15, 0.2) is 5.76 Å². The number of carbonyl (C=O) groups excluding carboxylic acids is 1. The van der Waals surface area contributed by atoms with Gasteiger partial charge in [0.1, 0.15) is 0 Å². The maximum absolute atomic E-state index is 12.0. The van der Waals surface area contributed by atoms with Crippen molar-refractivity contribution < 1.29 is 9.32 Å². The molecule has 0 radical (unpaired) electrons. The van der Waals surface area contributed by atoms with Gasteiger partial charge in [-0.15, -0.1) is 0 Å². The number of nitrogens with one attached hydrogen (secondary N) is 1. The zero-order valence-electron chi connectivity index (χ0n) is 9.24. The molecule has 0 unspecified atom stereocenters. The summed E-state index contributed by atoms with van der Waals surface area (Å²) in [6.07, 6.45) is 5.53. The second-order valence-electron chi connectivity index (χ2n) is 4.35. The monoisotopic (exact) mass is 223 g/mol. The highest BCUT2D eigenvalue weighted by atomic mass is 16.5. The maximum atomic E-state index is 12.0. The minimum atomic E-state index is -0.347. The van der Waals surface area contributed by atoms with E-state index >= 15 is 0 Å². The van der Waals surface area contributed by atoms with Gasteiger partial charge < -0.3 is 15.6 Å². The molecule has 0 atom stereocenters. The summed E-state index contributed by atoms with van der Waals surface area (Å²) in [5.74, 6) is 0.711. The molecule has 0 saturated heterocycles. The van der Waals surface area contributed by atoms with Crippen LogP contribution in [-0.4, -0.2) is 17.6 Å². The molecular formula is C11H17N3O2. The van der Waals surface area contributed by atoms with Gasteiger partial charge in [0, 0.05) is 12.6 Å². The number of carbonyl (C=O) groups is 1. The molecule has 5 nitrogen and oxygen atoms in total. The van der Waals surface area contributed by atoms with Crippen molar-refractivity contribution in [2.24, 2.45) is 11.1 Å². The van der Waals surface area contributed by atoms with E-state index in [2.05, 4.69) is 10.5 Å². The summed E-state index contributed by atoms with van der Waals surface area (Å²) in [6, 6.07) is 1.74. The van der Waals surface area contributed by atoms with E-state index < -0.39 is 0 Å². The zero-order valence-corrected chi connectivity index (χ0v) is 9.24. The van der Waals surface area contributed by atoms with E-state index in [-0.39, 0.29) is 11.3 Å². The van der Waals surface area contributed by atoms with Crippen LogP contribution in [0.25, 0.3) is 0 Å². The third kappa shape index (κ3) is 2.09. The average molecular weight is 223 g/mol. The Balaban J connectivity index is 1.91. The second-order valence-corrected chi connectivity index (χ2v) is 4.35. The van der Waals surface area contributed by atoms with Crippen LogP contribution in [0.2, 0.25) is 0 Å². The fourth-order valence-corrected chi connectivity index (χ4v) is 2.26. The van der Waals surface area contributed by atoms with Gasteiger partial charge in [-0.3, -0.25) is 4.79 Å². The highest BCUT2D eigenvalue weighted by Gasteiger charge is 2.39. The Labute approximate surface area is 94.4 Å². The molecule has 0 bridgehead atoms. The Kier molecular flexibility index (Phi) is 3.24. The Morgan fingerprint density at radius 3 is 2.88 bits per heavy atom. The number of nitrogens with zero attached hydrogens (tertiary/aromatic N) is 1. The summed E-state index contributed by atoms with van der Waals surface area (Å²) in [6.45, 7) is 0.815. The van der Waals surface area contributed by atoms with E-state index in [1.54, 1.807) is 12.3 Å². The Bertz CT molecular complexity index is 342. The van der Waals surface area contributed by atoms with Gasteiger partial charge in [0.25, 0.3) is 0 Å². The molecular weight excluding hydrogens is 206 g/mol. The van der Waals surface area contributed by atoms with E-state index in [1.807, 2.05) is 0 Å². The molecule has 1 aromatic heterocycles. The van der Waals surface area contributed by atoms with Gasteiger partial charge in [-0.1, -0.05) is 18.0 Å². The minimum absolute atomic E-state index is 0.0453. The summed E-state index contributed by atoms with van der Waals surface area (Å²) in [5.41, 5.74) is 5.37. The van der Waals surface area contributed by atoms with Gasteiger partial charge in [0.05, 0.1) is 18.2 Å². The molecule has 1 aliphatic rings. The zero-order chi connectivity index (χ0) is 11.4. The fourth-order valence-electron chi connectivity index (χ4n) is 2.26. The largest absolute Gasteiger partial charge is 0.360 e. The SMILES string of the molecule is NCC1(C(=O)NCc2ccno2)CCCC1. The molecule has 2 rings (SSSR count). The molecule has 16 heavy (non-hydrogen) atoms. The number of hydrogen-bond donors (Lipinski definition) is 2. The lowest BCUT2D eigenvalue weighted by Crippen LogP contribution is -2.43. The van der Waals surface area contributed by atoms with E-state index in [1.165, 1.54) is 0 Å². The number of rotatable bonds is 4. The van der Waals surface area contributed by atoms with Crippen molar-refractivity contribution in [2.75, 3.05) is 6.54 Å². The van der Waals surface area contributed by atoms with Crippen LogP contribution < -0.4 is 11.1 Å². The molecule has 0 aliphatic heterocycles. The molecule has 1 amide bonds. The fraction of sp³-hybridized carbons (Fsp3) is 0.636. The van der Waals surface area contributed by atoms with Gasteiger partial charge in [-0.25, -0.2) is 0 Å². The Morgan fingerprint density at radius 2 is 2.31 bits per heavy atom. The van der Waals surface area contributed by atoms with E-state index in [0.29, 0.717) is 18.8 Å². The molecule has 1 aliphatic carbocycles. The van der Waals surface area contributed by atoms with Gasteiger partial charge in [0.2, 0.25) is 5.91 Å². The normalized spacial score (nSPS) is 18.6. The first-order valence-corrected chi connectivity index (χ1v) is 5.65. The van der Waals surface area contributed by atoms with Crippen molar-refractivity contribution in [1.82, 2.24) is 10.5 Å². The van der Waals surface area contributed by atoms with Crippen LogP contribution >= 0.6 is 0 Å². The van der Waals surface area contributed by atoms with Crippen molar-refractivity contribution >= 4 is 5.91 Å². The molecule has 1 heterocycles. The number of amides is 1. The first-order chi connectivity index (χ1) is 7.77. The van der Waals surface area contributed by atoms with Crippen molar-refractivity contribution in [3.05, 3.63) is 18.0 Å². The Morgan fingerprint density at radius 1 is 1.56 bits per heavy atom. The standard InChI is InChI=1S/C11H17N3O2/c12-8-11(4-1-2-5-11)10(15)13-7-9-3-6-14-16-9/h3,6H,1-2,4-5,7-8,12H2,(H,13,15). The topological polar surface area (TPSA) is 81.2 Å². The lowest BCUT2D eigenvalue weighted by Gasteiger charge is -2.25. The molecule has 3 N–H and O–H groups in total. The summed E-state index contributed by atoms with van der Waals surface area (Å²) >= 11 is 0. The summed E-state index contributed by atoms with van der Waals surface area (Å²) in [7, 11) is 0. The lowest BCUT2D eigenvalue weighted by molar-refractivity contribution is -0.130. The molecule has 5 heteroatoms. The predicted octanol–water partition coefficient (Wildman–Crippen LogP) is 0.810. The maximum Gasteiger partial charge on any atom is 0.227 e. The quantitative estimate of drug-likeness (QED) is 0.791. The van der Waals surface area contributed by atoms with Crippen LogP contribution in [0.3, 0.4) is 0 Å². The first kappa shape index (κ1) is 11.1. The van der Waals surface area contributed by atoms with E-state index in [0.717, 1.165) is 25.7 Å². The smallest absolute Gasteiger partial charge is 0.227 e. The van der Waals surface area contributed by atoms with Crippen LogP contribution in [0.1, 0.15) is 31.4 Å². The second kappa shape index (κ2) is 4.65. The highest BCUT2D eigenvalue weighted by molar-refractivity contribution is 5.83. The summed E-state index contributed by atoms with van der Waals surface area (Å²) < 4.78 is 4.92. The van der Waals surface area contributed by atoms with Gasteiger partial charge in [-0.05, 0) is 12.8 Å². The van der Waals surface area contributed by atoms with Crippen LogP contribution in [0.4, 0.5) is 0 Å². The van der Waals surface area contributed by atoms with Gasteiger partial charge in [-0.2, -0.15) is 0 Å². The molecule has 0 aromatic carbocycles. The van der Waals surface area contributed by atoms with Crippen LogP contribution in [-0.2, 0) is 11.3 Å². The average Bonchev–Trinajstić information content (AvgIpc) is 2.97. The molecule has 1 fully saturated rings. The first-order valence-electron chi connectivity index (χ1n) is 5.65. The van der Waals surface area contributed by atoms with Crippen LogP contribution in [0, 0.1) is 5.41 Å². The Hall–Kier alpha value is -1.36. The third-order valence-electron chi connectivity index (χ3n) is 3.35. The number of hydrogen-bond acceptors (Lipinski definition) is 4. The lowest BCUT2D eigenvalue weighted by atomic mass is 9.85. The summed E-state index contributed by atoms with van der Waals surface area (Å²) in [4.78, 5) is 12.0.